The largest absolute Gasteiger partial charge is 0.416 e. The zero-order valence-corrected chi connectivity index (χ0v) is 11.8. The molecule has 6 nitrogen and oxygen atoms in total. The van der Waals surface area contributed by atoms with Crippen LogP contribution in [0.3, 0.4) is 0 Å². The van der Waals surface area contributed by atoms with Gasteiger partial charge in [0.25, 0.3) is 5.69 Å². The summed E-state index contributed by atoms with van der Waals surface area (Å²) >= 11 is 0. The number of alkyl halides is 3. The summed E-state index contributed by atoms with van der Waals surface area (Å²) in [6, 6.07) is 2.38. The first kappa shape index (κ1) is 16.5. The van der Waals surface area contributed by atoms with Crippen molar-refractivity contribution in [1.29, 1.82) is 0 Å². The number of halogens is 3. The Morgan fingerprint density at radius 2 is 2.00 bits per heavy atom. The molecule has 1 fully saturated rings. The fourth-order valence-electron chi connectivity index (χ4n) is 2.13. The van der Waals surface area contributed by atoms with Crippen molar-refractivity contribution in [1.82, 2.24) is 0 Å². The van der Waals surface area contributed by atoms with E-state index in [4.69, 9.17) is 9.47 Å². The van der Waals surface area contributed by atoms with Gasteiger partial charge in [-0.2, -0.15) is 13.2 Å². The van der Waals surface area contributed by atoms with Crippen LogP contribution in [0.2, 0.25) is 0 Å². The van der Waals surface area contributed by atoms with Crippen LogP contribution in [0.15, 0.2) is 18.2 Å². The molecule has 0 saturated carbocycles. The Hall–Kier alpha value is -1.87. The van der Waals surface area contributed by atoms with Crippen LogP contribution in [0.4, 0.5) is 24.5 Å². The summed E-state index contributed by atoms with van der Waals surface area (Å²) in [4.78, 5) is 10.1. The maximum Gasteiger partial charge on any atom is 0.416 e. The highest BCUT2D eigenvalue weighted by Gasteiger charge is 2.33. The monoisotopic (exact) mass is 320 g/mol. The van der Waals surface area contributed by atoms with Gasteiger partial charge < -0.3 is 14.8 Å². The number of nitro groups is 1. The fraction of sp³-hybridized carbons (Fsp3) is 0.538. The summed E-state index contributed by atoms with van der Waals surface area (Å²) in [5.41, 5.74) is -1.65. The molecule has 22 heavy (non-hydrogen) atoms. The standard InChI is InChI=1S/C13H15F3N2O4/c1-12(21-6-7-22-12)4-5-17-10-3-2-9(13(14,15)16)8-11(10)18(19)20/h2-3,8,17H,4-7H2,1H3. The summed E-state index contributed by atoms with van der Waals surface area (Å²) in [5, 5.41) is 13.7. The molecule has 1 aromatic carbocycles. The average Bonchev–Trinajstić information content (AvgIpc) is 2.84. The quantitative estimate of drug-likeness (QED) is 0.666. The van der Waals surface area contributed by atoms with E-state index >= 15 is 0 Å². The van der Waals surface area contributed by atoms with Crippen LogP contribution in [-0.2, 0) is 15.7 Å². The molecule has 0 spiro atoms. The summed E-state index contributed by atoms with van der Waals surface area (Å²) in [5.74, 6) is -0.770. The number of rotatable bonds is 5. The van der Waals surface area contributed by atoms with E-state index in [1.807, 2.05) is 0 Å². The third kappa shape index (κ3) is 3.86. The number of anilines is 1. The Morgan fingerprint density at radius 1 is 1.36 bits per heavy atom. The Kier molecular flexibility index (Phi) is 4.57. The molecule has 1 aromatic rings. The summed E-state index contributed by atoms with van der Waals surface area (Å²) in [6.45, 7) is 2.94. The maximum absolute atomic E-state index is 12.6. The van der Waals surface area contributed by atoms with Gasteiger partial charge in [0.05, 0.1) is 23.7 Å². The fourth-order valence-corrected chi connectivity index (χ4v) is 2.13. The molecule has 1 saturated heterocycles. The number of benzene rings is 1. The van der Waals surface area contributed by atoms with E-state index in [2.05, 4.69) is 5.32 Å². The molecule has 1 N–H and O–H groups in total. The van der Waals surface area contributed by atoms with Crippen molar-refractivity contribution in [3.63, 3.8) is 0 Å². The highest BCUT2D eigenvalue weighted by Crippen LogP contribution is 2.35. The molecule has 0 amide bonds. The average molecular weight is 320 g/mol. The number of hydrogen-bond acceptors (Lipinski definition) is 5. The second-order valence-corrected chi connectivity index (χ2v) is 4.99. The lowest BCUT2D eigenvalue weighted by atomic mass is 10.1. The molecule has 1 aliphatic heterocycles. The van der Waals surface area contributed by atoms with E-state index in [9.17, 15) is 23.3 Å². The number of nitro benzene ring substituents is 1. The second kappa shape index (κ2) is 6.09. The first-order chi connectivity index (χ1) is 10.2. The van der Waals surface area contributed by atoms with Gasteiger partial charge in [0.1, 0.15) is 5.69 Å². The van der Waals surface area contributed by atoms with Crippen LogP contribution < -0.4 is 5.32 Å². The predicted octanol–water partition coefficient (Wildman–Crippen LogP) is 3.18. The molecule has 1 heterocycles. The summed E-state index contributed by atoms with van der Waals surface area (Å²) < 4.78 is 48.5. The lowest BCUT2D eigenvalue weighted by Gasteiger charge is -2.22. The second-order valence-electron chi connectivity index (χ2n) is 4.99. The molecule has 0 aromatic heterocycles. The Bertz CT molecular complexity index is 557. The third-order valence-corrected chi connectivity index (χ3v) is 3.31. The summed E-state index contributed by atoms with van der Waals surface area (Å²) in [7, 11) is 0. The molecule has 9 heteroatoms. The topological polar surface area (TPSA) is 73.6 Å². The van der Waals surface area contributed by atoms with E-state index in [1.54, 1.807) is 6.92 Å². The number of nitrogens with one attached hydrogen (secondary N) is 1. The predicted molar refractivity (Wildman–Crippen MR) is 71.5 cm³/mol. The van der Waals surface area contributed by atoms with Crippen LogP contribution >= 0.6 is 0 Å². The Balaban J connectivity index is 2.08. The van der Waals surface area contributed by atoms with Crippen molar-refractivity contribution in [2.45, 2.75) is 25.3 Å². The molecule has 2 rings (SSSR count). The van der Waals surface area contributed by atoms with E-state index in [0.717, 1.165) is 12.1 Å². The molecular weight excluding hydrogens is 305 g/mol. The summed E-state index contributed by atoms with van der Waals surface area (Å²) in [6.07, 6.45) is -4.21. The van der Waals surface area contributed by atoms with Gasteiger partial charge in [-0.3, -0.25) is 10.1 Å². The SMILES string of the molecule is CC1(CCNc2ccc(C(F)(F)F)cc2[N+](=O)[O-])OCCO1. The van der Waals surface area contributed by atoms with Crippen molar-refractivity contribution >= 4 is 11.4 Å². The maximum atomic E-state index is 12.6. The van der Waals surface area contributed by atoms with E-state index in [-0.39, 0.29) is 12.2 Å². The van der Waals surface area contributed by atoms with Crippen molar-refractivity contribution in [2.75, 3.05) is 25.1 Å². The van der Waals surface area contributed by atoms with Gasteiger partial charge in [-0.15, -0.1) is 0 Å². The lowest BCUT2D eigenvalue weighted by molar-refractivity contribution is -0.384. The molecule has 122 valence electrons. The zero-order chi connectivity index (χ0) is 16.4. The minimum Gasteiger partial charge on any atom is -0.379 e. The highest BCUT2D eigenvalue weighted by molar-refractivity contribution is 5.62. The number of nitrogens with zero attached hydrogens (tertiary/aromatic N) is 1. The first-order valence-electron chi connectivity index (χ1n) is 6.59. The Labute approximate surface area is 124 Å². The van der Waals surface area contributed by atoms with E-state index < -0.39 is 28.1 Å². The molecule has 1 aliphatic rings. The highest BCUT2D eigenvalue weighted by atomic mass is 19.4. The molecule has 0 atom stereocenters. The van der Waals surface area contributed by atoms with Crippen LogP contribution in [0.25, 0.3) is 0 Å². The van der Waals surface area contributed by atoms with Crippen molar-refractivity contribution in [3.8, 4) is 0 Å². The Morgan fingerprint density at radius 3 is 2.55 bits per heavy atom. The normalized spacial score (nSPS) is 17.5. The van der Waals surface area contributed by atoms with Crippen molar-refractivity contribution < 1.29 is 27.6 Å². The van der Waals surface area contributed by atoms with Gasteiger partial charge in [0.15, 0.2) is 5.79 Å². The minimum atomic E-state index is -4.62. The third-order valence-electron chi connectivity index (χ3n) is 3.31. The van der Waals surface area contributed by atoms with Gasteiger partial charge in [0, 0.05) is 19.0 Å². The van der Waals surface area contributed by atoms with E-state index in [1.165, 1.54) is 0 Å². The van der Waals surface area contributed by atoms with Gasteiger partial charge >= 0.3 is 6.18 Å². The molecular formula is C13H15F3N2O4. The van der Waals surface area contributed by atoms with Gasteiger partial charge in [-0.05, 0) is 19.1 Å². The van der Waals surface area contributed by atoms with Crippen LogP contribution in [0.5, 0.6) is 0 Å². The first-order valence-corrected chi connectivity index (χ1v) is 6.59. The number of ether oxygens (including phenoxy) is 2. The van der Waals surface area contributed by atoms with Crippen molar-refractivity contribution in [2.24, 2.45) is 0 Å². The van der Waals surface area contributed by atoms with Gasteiger partial charge in [-0.25, -0.2) is 0 Å². The van der Waals surface area contributed by atoms with Crippen LogP contribution in [0.1, 0.15) is 18.9 Å². The minimum absolute atomic E-state index is 0.0274. The van der Waals surface area contributed by atoms with Gasteiger partial charge in [0.2, 0.25) is 0 Å². The van der Waals surface area contributed by atoms with E-state index in [0.29, 0.717) is 25.7 Å². The van der Waals surface area contributed by atoms with Crippen LogP contribution in [-0.4, -0.2) is 30.5 Å². The number of hydrogen-bond donors (Lipinski definition) is 1. The molecule has 0 bridgehead atoms. The smallest absolute Gasteiger partial charge is 0.379 e. The van der Waals surface area contributed by atoms with Crippen LogP contribution in [0, 0.1) is 10.1 Å². The molecule has 0 radical (unpaired) electrons. The zero-order valence-electron chi connectivity index (χ0n) is 11.8. The lowest BCUT2D eigenvalue weighted by Crippen LogP contribution is -2.28. The van der Waals surface area contributed by atoms with Gasteiger partial charge in [-0.1, -0.05) is 0 Å². The molecule has 0 unspecified atom stereocenters. The van der Waals surface area contributed by atoms with Crippen molar-refractivity contribution in [3.05, 3.63) is 33.9 Å². The molecule has 0 aliphatic carbocycles.